The third-order valence-corrected chi connectivity index (χ3v) is 3.07. The molecule has 1 unspecified atom stereocenters. The second-order valence-corrected chi connectivity index (χ2v) is 4.71. The summed E-state index contributed by atoms with van der Waals surface area (Å²) in [5, 5.41) is 13.1. The van der Waals surface area contributed by atoms with Crippen LogP contribution in [0.1, 0.15) is 31.2 Å². The van der Waals surface area contributed by atoms with Gasteiger partial charge in [0.15, 0.2) is 0 Å². The van der Waals surface area contributed by atoms with Gasteiger partial charge in [0.1, 0.15) is 0 Å². The molecule has 88 valence electrons. The molecule has 16 heavy (non-hydrogen) atoms. The maximum absolute atomic E-state index is 9.74. The minimum atomic E-state index is -0.177. The molecule has 0 bridgehead atoms. The predicted octanol–water partition coefficient (Wildman–Crippen LogP) is 2.12. The number of aliphatic hydroxyl groups excluding tert-OH is 1. The molecule has 2 rings (SSSR count). The largest absolute Gasteiger partial charge is 0.392 e. The van der Waals surface area contributed by atoms with Gasteiger partial charge in [0.2, 0.25) is 0 Å². The van der Waals surface area contributed by atoms with Crippen molar-refractivity contribution >= 4 is 0 Å². The van der Waals surface area contributed by atoms with E-state index in [0.29, 0.717) is 6.04 Å². The van der Waals surface area contributed by atoms with E-state index in [1.807, 2.05) is 6.07 Å². The highest BCUT2D eigenvalue weighted by Crippen LogP contribution is 2.18. The number of rotatable bonds is 7. The summed E-state index contributed by atoms with van der Waals surface area (Å²) in [4.78, 5) is 0. The highest BCUT2D eigenvalue weighted by atomic mass is 16.3. The maximum Gasteiger partial charge on any atom is 0.0664 e. The molecular weight excluding hydrogens is 198 g/mol. The Labute approximate surface area is 97.7 Å². The molecule has 0 aliphatic heterocycles. The summed E-state index contributed by atoms with van der Waals surface area (Å²) in [6.07, 6.45) is 5.44. The van der Waals surface area contributed by atoms with E-state index in [4.69, 9.17) is 0 Å². The van der Waals surface area contributed by atoms with Crippen LogP contribution in [-0.2, 0) is 6.42 Å². The Morgan fingerprint density at radius 3 is 2.69 bits per heavy atom. The summed E-state index contributed by atoms with van der Waals surface area (Å²) in [6.45, 7) is 0.763. The lowest BCUT2D eigenvalue weighted by molar-refractivity contribution is 0.158. The standard InChI is InChI=1S/C14H21NO/c16-14(11-15-13-9-10-13)8-4-7-12-5-2-1-3-6-12/h1-3,5-6,13-16H,4,7-11H2. The molecule has 2 N–H and O–H groups in total. The van der Waals surface area contributed by atoms with Crippen molar-refractivity contribution in [1.29, 1.82) is 0 Å². The minimum Gasteiger partial charge on any atom is -0.392 e. The molecule has 1 fully saturated rings. The van der Waals surface area contributed by atoms with E-state index < -0.39 is 0 Å². The molecule has 0 saturated heterocycles. The number of aryl methyl sites for hydroxylation is 1. The Bertz CT molecular complexity index is 295. The number of benzene rings is 1. The molecule has 0 heterocycles. The molecule has 1 aliphatic rings. The van der Waals surface area contributed by atoms with Crippen LogP contribution in [-0.4, -0.2) is 23.8 Å². The van der Waals surface area contributed by atoms with Crippen LogP contribution in [0, 0.1) is 0 Å². The van der Waals surface area contributed by atoms with Gasteiger partial charge in [0.05, 0.1) is 6.10 Å². The quantitative estimate of drug-likeness (QED) is 0.736. The lowest BCUT2D eigenvalue weighted by Gasteiger charge is -2.11. The van der Waals surface area contributed by atoms with E-state index >= 15 is 0 Å². The van der Waals surface area contributed by atoms with Crippen molar-refractivity contribution in [3.05, 3.63) is 35.9 Å². The van der Waals surface area contributed by atoms with Crippen LogP contribution in [0.4, 0.5) is 0 Å². The average Bonchev–Trinajstić information content (AvgIpc) is 3.12. The van der Waals surface area contributed by atoms with Crippen LogP contribution in [0.15, 0.2) is 30.3 Å². The number of hydrogen-bond acceptors (Lipinski definition) is 2. The molecule has 1 atom stereocenters. The fourth-order valence-electron chi connectivity index (χ4n) is 1.88. The predicted molar refractivity (Wildman–Crippen MR) is 66.4 cm³/mol. The smallest absolute Gasteiger partial charge is 0.0664 e. The highest BCUT2D eigenvalue weighted by molar-refractivity contribution is 5.14. The van der Waals surface area contributed by atoms with Crippen molar-refractivity contribution in [3.63, 3.8) is 0 Å². The molecule has 1 aromatic rings. The van der Waals surface area contributed by atoms with E-state index in [0.717, 1.165) is 25.8 Å². The Kier molecular flexibility index (Phi) is 4.37. The fraction of sp³-hybridized carbons (Fsp3) is 0.571. The molecule has 1 aromatic carbocycles. The van der Waals surface area contributed by atoms with Crippen molar-refractivity contribution in [3.8, 4) is 0 Å². The van der Waals surface area contributed by atoms with Gasteiger partial charge in [-0.15, -0.1) is 0 Å². The number of nitrogens with one attached hydrogen (secondary N) is 1. The average molecular weight is 219 g/mol. The summed E-state index contributed by atoms with van der Waals surface area (Å²) < 4.78 is 0. The van der Waals surface area contributed by atoms with Crippen molar-refractivity contribution in [2.45, 2.75) is 44.2 Å². The molecule has 0 spiro atoms. The van der Waals surface area contributed by atoms with Crippen molar-refractivity contribution in [1.82, 2.24) is 5.32 Å². The first-order valence-corrected chi connectivity index (χ1v) is 6.30. The molecule has 1 aliphatic carbocycles. The van der Waals surface area contributed by atoms with Crippen molar-refractivity contribution in [2.75, 3.05) is 6.54 Å². The Morgan fingerprint density at radius 1 is 1.25 bits per heavy atom. The van der Waals surface area contributed by atoms with Gasteiger partial charge in [-0.05, 0) is 37.7 Å². The lowest BCUT2D eigenvalue weighted by Crippen LogP contribution is -2.28. The van der Waals surface area contributed by atoms with Gasteiger partial charge in [-0.3, -0.25) is 0 Å². The van der Waals surface area contributed by atoms with Crippen molar-refractivity contribution in [2.24, 2.45) is 0 Å². The molecule has 0 aromatic heterocycles. The van der Waals surface area contributed by atoms with Gasteiger partial charge in [-0.1, -0.05) is 30.3 Å². The fourth-order valence-corrected chi connectivity index (χ4v) is 1.88. The number of aliphatic hydroxyl groups is 1. The molecule has 2 nitrogen and oxygen atoms in total. The zero-order valence-corrected chi connectivity index (χ0v) is 9.73. The van der Waals surface area contributed by atoms with E-state index in [2.05, 4.69) is 29.6 Å². The van der Waals surface area contributed by atoms with Gasteiger partial charge in [0.25, 0.3) is 0 Å². The summed E-state index contributed by atoms with van der Waals surface area (Å²) in [5.74, 6) is 0. The molecule has 0 amide bonds. The van der Waals surface area contributed by atoms with Gasteiger partial charge in [-0.2, -0.15) is 0 Å². The first kappa shape index (κ1) is 11.6. The van der Waals surface area contributed by atoms with Gasteiger partial charge in [-0.25, -0.2) is 0 Å². The SMILES string of the molecule is OC(CCCc1ccccc1)CNC1CC1. The van der Waals surface area contributed by atoms with Crippen LogP contribution in [0.25, 0.3) is 0 Å². The summed E-state index contributed by atoms with van der Waals surface area (Å²) in [6, 6.07) is 11.2. The van der Waals surface area contributed by atoms with E-state index in [1.165, 1.54) is 18.4 Å². The molecule has 1 saturated carbocycles. The first-order chi connectivity index (χ1) is 7.84. The summed E-state index contributed by atoms with van der Waals surface area (Å²) in [5.41, 5.74) is 1.37. The van der Waals surface area contributed by atoms with E-state index in [1.54, 1.807) is 0 Å². The highest BCUT2D eigenvalue weighted by Gasteiger charge is 2.20. The van der Waals surface area contributed by atoms with Crippen LogP contribution in [0.3, 0.4) is 0 Å². The topological polar surface area (TPSA) is 32.3 Å². The monoisotopic (exact) mass is 219 g/mol. The van der Waals surface area contributed by atoms with Gasteiger partial charge >= 0.3 is 0 Å². The number of hydrogen-bond donors (Lipinski definition) is 2. The molecule has 2 heteroatoms. The third-order valence-electron chi connectivity index (χ3n) is 3.07. The van der Waals surface area contributed by atoms with Crippen LogP contribution < -0.4 is 5.32 Å². The first-order valence-electron chi connectivity index (χ1n) is 6.30. The minimum absolute atomic E-state index is 0.177. The van der Waals surface area contributed by atoms with E-state index in [-0.39, 0.29) is 6.10 Å². The molecule has 0 radical (unpaired) electrons. The van der Waals surface area contributed by atoms with Crippen LogP contribution in [0.5, 0.6) is 0 Å². The maximum atomic E-state index is 9.74. The Morgan fingerprint density at radius 2 is 2.00 bits per heavy atom. The Hall–Kier alpha value is -0.860. The summed E-state index contributed by atoms with van der Waals surface area (Å²) >= 11 is 0. The Balaban J connectivity index is 1.56. The third kappa shape index (κ3) is 4.33. The van der Waals surface area contributed by atoms with Gasteiger partial charge in [0, 0.05) is 12.6 Å². The second kappa shape index (κ2) is 6.02. The second-order valence-electron chi connectivity index (χ2n) is 4.71. The van der Waals surface area contributed by atoms with E-state index in [9.17, 15) is 5.11 Å². The lowest BCUT2D eigenvalue weighted by atomic mass is 10.1. The zero-order chi connectivity index (χ0) is 11.2. The zero-order valence-electron chi connectivity index (χ0n) is 9.73. The summed E-state index contributed by atoms with van der Waals surface area (Å²) in [7, 11) is 0. The molecular formula is C14H21NO. The van der Waals surface area contributed by atoms with Crippen molar-refractivity contribution < 1.29 is 5.11 Å². The normalized spacial score (nSPS) is 17.3. The van der Waals surface area contributed by atoms with Crippen LogP contribution in [0.2, 0.25) is 0 Å². The van der Waals surface area contributed by atoms with Crippen LogP contribution >= 0.6 is 0 Å². The van der Waals surface area contributed by atoms with Gasteiger partial charge < -0.3 is 10.4 Å².